The molecule has 4 heteroatoms. The number of ether oxygens (including phenoxy) is 1. The summed E-state index contributed by atoms with van der Waals surface area (Å²) in [5.74, 6) is 0.850. The van der Waals surface area contributed by atoms with Gasteiger partial charge in [0.05, 0.1) is 18.4 Å². The summed E-state index contributed by atoms with van der Waals surface area (Å²) in [6.07, 6.45) is 0. The van der Waals surface area contributed by atoms with E-state index < -0.39 is 0 Å². The van der Waals surface area contributed by atoms with Crippen LogP contribution in [0.3, 0.4) is 0 Å². The van der Waals surface area contributed by atoms with Crippen molar-refractivity contribution < 1.29 is 4.74 Å². The van der Waals surface area contributed by atoms with Crippen LogP contribution in [0.4, 0.5) is 5.69 Å². The lowest BCUT2D eigenvalue weighted by Gasteiger charge is -2.06. The number of aryl methyl sites for hydroxylation is 1. The Morgan fingerprint density at radius 1 is 1.14 bits per heavy atom. The van der Waals surface area contributed by atoms with Crippen LogP contribution in [0, 0.1) is 6.92 Å². The molecule has 3 rings (SSSR count). The Balaban J connectivity index is 2.02. The molecule has 0 bridgehead atoms. The maximum absolute atomic E-state index is 5.83. The SMILES string of the molecule is COc1cc(C)ccc1-c1nc(-c2cccc(N)c2)cs1. The van der Waals surface area contributed by atoms with Crippen molar-refractivity contribution in [2.24, 2.45) is 0 Å². The summed E-state index contributed by atoms with van der Waals surface area (Å²) < 4.78 is 5.46. The summed E-state index contributed by atoms with van der Waals surface area (Å²) in [6.45, 7) is 2.05. The van der Waals surface area contributed by atoms with Gasteiger partial charge in [-0.3, -0.25) is 0 Å². The molecule has 0 saturated carbocycles. The van der Waals surface area contributed by atoms with Gasteiger partial charge >= 0.3 is 0 Å². The zero-order chi connectivity index (χ0) is 14.8. The Morgan fingerprint density at radius 2 is 2.00 bits per heavy atom. The molecule has 1 aromatic heterocycles. The van der Waals surface area contributed by atoms with Crippen molar-refractivity contribution in [3.05, 3.63) is 53.4 Å². The number of hydrogen-bond donors (Lipinski definition) is 1. The molecule has 2 N–H and O–H groups in total. The van der Waals surface area contributed by atoms with Gasteiger partial charge in [0, 0.05) is 16.6 Å². The zero-order valence-electron chi connectivity index (χ0n) is 12.0. The summed E-state index contributed by atoms with van der Waals surface area (Å²) >= 11 is 1.61. The molecule has 0 aliphatic heterocycles. The van der Waals surface area contributed by atoms with Gasteiger partial charge in [-0.25, -0.2) is 4.98 Å². The number of thiazole rings is 1. The smallest absolute Gasteiger partial charge is 0.129 e. The molecule has 0 atom stereocenters. The van der Waals surface area contributed by atoms with Crippen LogP contribution in [-0.4, -0.2) is 12.1 Å². The largest absolute Gasteiger partial charge is 0.496 e. The predicted octanol–water partition coefficient (Wildman–Crippen LogP) is 4.38. The van der Waals surface area contributed by atoms with Crippen molar-refractivity contribution in [2.45, 2.75) is 6.92 Å². The Morgan fingerprint density at radius 3 is 2.76 bits per heavy atom. The highest BCUT2D eigenvalue weighted by Gasteiger charge is 2.11. The summed E-state index contributed by atoms with van der Waals surface area (Å²) in [7, 11) is 1.69. The van der Waals surface area contributed by atoms with E-state index in [0.29, 0.717) is 0 Å². The maximum atomic E-state index is 5.83. The number of aromatic nitrogens is 1. The predicted molar refractivity (Wildman–Crippen MR) is 88.7 cm³/mol. The number of nitrogens with zero attached hydrogens (tertiary/aromatic N) is 1. The first-order valence-electron chi connectivity index (χ1n) is 6.64. The second kappa shape index (κ2) is 5.58. The van der Waals surface area contributed by atoms with Crippen molar-refractivity contribution >= 4 is 17.0 Å². The average molecular weight is 296 g/mol. The van der Waals surface area contributed by atoms with Crippen LogP contribution >= 0.6 is 11.3 Å². The molecule has 0 fully saturated rings. The highest BCUT2D eigenvalue weighted by atomic mass is 32.1. The number of methoxy groups -OCH3 is 1. The van der Waals surface area contributed by atoms with E-state index in [1.807, 2.05) is 42.6 Å². The van der Waals surface area contributed by atoms with Crippen molar-refractivity contribution in [2.75, 3.05) is 12.8 Å². The van der Waals surface area contributed by atoms with E-state index in [0.717, 1.165) is 33.3 Å². The van der Waals surface area contributed by atoms with Crippen molar-refractivity contribution in [1.82, 2.24) is 4.98 Å². The molecule has 0 aliphatic carbocycles. The molecule has 0 aliphatic rings. The first-order chi connectivity index (χ1) is 10.2. The molecular formula is C17H16N2OS. The van der Waals surface area contributed by atoms with Gasteiger partial charge in [0.2, 0.25) is 0 Å². The molecule has 21 heavy (non-hydrogen) atoms. The molecular weight excluding hydrogens is 280 g/mol. The Labute approximate surface area is 128 Å². The lowest BCUT2D eigenvalue weighted by atomic mass is 10.1. The monoisotopic (exact) mass is 296 g/mol. The fourth-order valence-corrected chi connectivity index (χ4v) is 3.06. The van der Waals surface area contributed by atoms with Crippen LogP contribution in [0.5, 0.6) is 5.75 Å². The van der Waals surface area contributed by atoms with Crippen LogP contribution in [-0.2, 0) is 0 Å². The van der Waals surface area contributed by atoms with Gasteiger partial charge in [0.15, 0.2) is 0 Å². The summed E-state index contributed by atoms with van der Waals surface area (Å²) in [5.41, 5.74) is 10.7. The zero-order valence-corrected chi connectivity index (χ0v) is 12.8. The number of benzene rings is 2. The van der Waals surface area contributed by atoms with Gasteiger partial charge in [-0.05, 0) is 36.8 Å². The minimum absolute atomic E-state index is 0.745. The number of hydrogen-bond acceptors (Lipinski definition) is 4. The number of anilines is 1. The molecule has 3 nitrogen and oxygen atoms in total. The minimum Gasteiger partial charge on any atom is -0.496 e. The van der Waals surface area contributed by atoms with Gasteiger partial charge < -0.3 is 10.5 Å². The van der Waals surface area contributed by atoms with E-state index in [1.165, 1.54) is 5.56 Å². The van der Waals surface area contributed by atoms with E-state index in [4.69, 9.17) is 15.5 Å². The molecule has 3 aromatic rings. The Hall–Kier alpha value is -2.33. The Kier molecular flexibility index (Phi) is 3.62. The topological polar surface area (TPSA) is 48.1 Å². The van der Waals surface area contributed by atoms with Gasteiger partial charge in [0.1, 0.15) is 10.8 Å². The van der Waals surface area contributed by atoms with Crippen molar-refractivity contribution in [3.63, 3.8) is 0 Å². The first kappa shape index (κ1) is 13.6. The summed E-state index contributed by atoms with van der Waals surface area (Å²) in [6, 6.07) is 13.9. The third kappa shape index (κ3) is 2.76. The molecule has 0 saturated heterocycles. The molecule has 0 radical (unpaired) electrons. The lowest BCUT2D eigenvalue weighted by Crippen LogP contribution is -1.89. The molecule has 1 heterocycles. The standard InChI is InChI=1S/C17H16N2OS/c1-11-6-7-14(16(8-11)20-2)17-19-15(10-21-17)12-4-3-5-13(18)9-12/h3-10H,18H2,1-2H3. The van der Waals surface area contributed by atoms with Crippen molar-refractivity contribution in [1.29, 1.82) is 0 Å². The number of nitrogens with two attached hydrogens (primary N) is 1. The van der Waals surface area contributed by atoms with E-state index in [2.05, 4.69) is 12.1 Å². The van der Waals surface area contributed by atoms with Crippen LogP contribution < -0.4 is 10.5 Å². The van der Waals surface area contributed by atoms with Gasteiger partial charge in [-0.15, -0.1) is 11.3 Å². The molecule has 106 valence electrons. The third-order valence-electron chi connectivity index (χ3n) is 3.27. The highest BCUT2D eigenvalue weighted by molar-refractivity contribution is 7.13. The van der Waals surface area contributed by atoms with Crippen LogP contribution in [0.15, 0.2) is 47.8 Å². The fraction of sp³-hybridized carbons (Fsp3) is 0.118. The summed E-state index contributed by atoms with van der Waals surface area (Å²) in [5, 5.41) is 2.99. The van der Waals surface area contributed by atoms with Crippen LogP contribution in [0.25, 0.3) is 21.8 Å². The first-order valence-corrected chi connectivity index (χ1v) is 7.52. The maximum Gasteiger partial charge on any atom is 0.129 e. The van der Waals surface area contributed by atoms with E-state index in [9.17, 15) is 0 Å². The molecule has 2 aromatic carbocycles. The second-order valence-electron chi connectivity index (χ2n) is 4.87. The third-order valence-corrected chi connectivity index (χ3v) is 4.15. The summed E-state index contributed by atoms with van der Waals surface area (Å²) in [4.78, 5) is 4.71. The van der Waals surface area contributed by atoms with Gasteiger partial charge in [-0.2, -0.15) is 0 Å². The number of rotatable bonds is 3. The fourth-order valence-electron chi connectivity index (χ4n) is 2.20. The van der Waals surface area contributed by atoms with Crippen LogP contribution in [0.2, 0.25) is 0 Å². The average Bonchev–Trinajstić information content (AvgIpc) is 2.96. The minimum atomic E-state index is 0.745. The molecule has 0 unspecified atom stereocenters. The Bertz CT molecular complexity index is 780. The van der Waals surface area contributed by atoms with E-state index >= 15 is 0 Å². The molecule has 0 amide bonds. The van der Waals surface area contributed by atoms with Gasteiger partial charge in [-0.1, -0.05) is 18.2 Å². The highest BCUT2D eigenvalue weighted by Crippen LogP contribution is 2.35. The lowest BCUT2D eigenvalue weighted by molar-refractivity contribution is 0.416. The second-order valence-corrected chi connectivity index (χ2v) is 5.73. The van der Waals surface area contributed by atoms with E-state index in [-0.39, 0.29) is 0 Å². The van der Waals surface area contributed by atoms with Gasteiger partial charge in [0.25, 0.3) is 0 Å². The van der Waals surface area contributed by atoms with Crippen molar-refractivity contribution in [3.8, 4) is 27.6 Å². The molecule has 0 spiro atoms. The number of nitrogen functional groups attached to an aromatic ring is 1. The van der Waals surface area contributed by atoms with Crippen LogP contribution in [0.1, 0.15) is 5.56 Å². The normalized spacial score (nSPS) is 10.6. The van der Waals surface area contributed by atoms with E-state index in [1.54, 1.807) is 18.4 Å². The quantitative estimate of drug-likeness (QED) is 0.730.